The number of carboxylic acids is 1. The van der Waals surface area contributed by atoms with Crippen LogP contribution in [0.25, 0.3) is 0 Å². The Labute approximate surface area is 131 Å². The van der Waals surface area contributed by atoms with Gasteiger partial charge in [0.15, 0.2) is 0 Å². The Balaban J connectivity index is 1.70. The van der Waals surface area contributed by atoms with Crippen molar-refractivity contribution in [3.63, 3.8) is 0 Å². The minimum absolute atomic E-state index is 0.0624. The van der Waals surface area contributed by atoms with Crippen LogP contribution in [0, 0.1) is 0 Å². The van der Waals surface area contributed by atoms with Gasteiger partial charge in [-0.2, -0.15) is 0 Å². The summed E-state index contributed by atoms with van der Waals surface area (Å²) in [7, 11) is 0. The predicted molar refractivity (Wildman–Crippen MR) is 78.9 cm³/mol. The molecule has 2 unspecified atom stereocenters. The van der Waals surface area contributed by atoms with Crippen LogP contribution in [0.4, 0.5) is 0 Å². The van der Waals surface area contributed by atoms with Gasteiger partial charge in [0.25, 0.3) is 0 Å². The summed E-state index contributed by atoms with van der Waals surface area (Å²) >= 11 is 3.37. The smallest absolute Gasteiger partial charge is 0.335 e. The van der Waals surface area contributed by atoms with Crippen LogP contribution in [0.1, 0.15) is 29.6 Å². The molecule has 2 aliphatic rings. The number of hydrogen-bond acceptors (Lipinski definition) is 4. The van der Waals surface area contributed by atoms with E-state index >= 15 is 0 Å². The van der Waals surface area contributed by atoms with Gasteiger partial charge in [-0.3, -0.25) is 0 Å². The molecule has 3 rings (SSSR count). The highest BCUT2D eigenvalue weighted by Crippen LogP contribution is 2.36. The van der Waals surface area contributed by atoms with Crippen LogP contribution in [0.5, 0.6) is 5.75 Å². The molecule has 0 aliphatic carbocycles. The fourth-order valence-electron chi connectivity index (χ4n) is 2.86. The number of hydrogen-bond donors (Lipinski definition) is 1. The summed E-state index contributed by atoms with van der Waals surface area (Å²) in [5.41, 5.74) is 0.0398. The Morgan fingerprint density at radius 1 is 1.43 bits per heavy atom. The second-order valence-electron chi connectivity index (χ2n) is 5.52. The van der Waals surface area contributed by atoms with E-state index in [4.69, 9.17) is 19.3 Å². The van der Waals surface area contributed by atoms with E-state index in [0.29, 0.717) is 23.4 Å². The first-order chi connectivity index (χ1) is 10.1. The van der Waals surface area contributed by atoms with Crippen LogP contribution in [0.3, 0.4) is 0 Å². The maximum absolute atomic E-state index is 10.9. The van der Waals surface area contributed by atoms with Gasteiger partial charge in [0, 0.05) is 25.9 Å². The van der Waals surface area contributed by atoms with Crippen LogP contribution in [0.15, 0.2) is 22.7 Å². The first-order valence-electron chi connectivity index (χ1n) is 6.99. The van der Waals surface area contributed by atoms with E-state index in [1.165, 1.54) is 0 Å². The van der Waals surface area contributed by atoms with Crippen molar-refractivity contribution in [3.8, 4) is 5.75 Å². The van der Waals surface area contributed by atoms with Crippen LogP contribution in [0.2, 0.25) is 0 Å². The molecule has 1 aromatic carbocycles. The van der Waals surface area contributed by atoms with Crippen molar-refractivity contribution in [1.82, 2.24) is 0 Å². The third-order valence-corrected chi connectivity index (χ3v) is 4.61. The lowest BCUT2D eigenvalue weighted by Crippen LogP contribution is -2.44. The van der Waals surface area contributed by atoms with E-state index in [9.17, 15) is 4.79 Å². The molecular weight excluding hydrogens is 340 g/mol. The predicted octanol–water partition coefficient (Wildman–Crippen LogP) is 2.86. The molecule has 0 saturated carbocycles. The molecule has 6 heteroatoms. The molecule has 1 spiro atoms. The Kier molecular flexibility index (Phi) is 4.19. The second kappa shape index (κ2) is 5.94. The first-order valence-corrected chi connectivity index (χ1v) is 7.78. The zero-order valence-corrected chi connectivity index (χ0v) is 13.1. The summed E-state index contributed by atoms with van der Waals surface area (Å²) < 4.78 is 18.0. The lowest BCUT2D eigenvalue weighted by Gasteiger charge is -2.37. The Hall–Kier alpha value is -1.11. The lowest BCUT2D eigenvalue weighted by atomic mass is 9.91. The number of benzene rings is 1. The van der Waals surface area contributed by atoms with Gasteiger partial charge in [0.1, 0.15) is 11.9 Å². The molecule has 0 radical (unpaired) electrons. The molecular formula is C15H17BrO5. The quantitative estimate of drug-likeness (QED) is 0.901. The Bertz CT molecular complexity index is 539. The zero-order valence-electron chi connectivity index (χ0n) is 11.5. The molecule has 2 atom stereocenters. The number of ether oxygens (including phenoxy) is 3. The SMILES string of the molecule is O=C(O)c1ccc(OC2CCOC3(CCOC3)C2)c(Br)c1. The van der Waals surface area contributed by atoms with Crippen LogP contribution >= 0.6 is 15.9 Å². The van der Waals surface area contributed by atoms with Crippen LogP contribution < -0.4 is 4.74 Å². The summed E-state index contributed by atoms with van der Waals surface area (Å²) in [6.45, 7) is 2.04. The molecule has 2 fully saturated rings. The molecule has 2 saturated heterocycles. The van der Waals surface area contributed by atoms with Gasteiger partial charge in [-0.1, -0.05) is 0 Å². The van der Waals surface area contributed by atoms with E-state index in [0.717, 1.165) is 25.9 Å². The van der Waals surface area contributed by atoms with Gasteiger partial charge in [0.05, 0.1) is 28.9 Å². The van der Waals surface area contributed by atoms with Gasteiger partial charge < -0.3 is 19.3 Å². The van der Waals surface area contributed by atoms with Crippen molar-refractivity contribution >= 4 is 21.9 Å². The fourth-order valence-corrected chi connectivity index (χ4v) is 3.33. The van der Waals surface area contributed by atoms with Gasteiger partial charge >= 0.3 is 5.97 Å². The minimum Gasteiger partial charge on any atom is -0.489 e. The highest BCUT2D eigenvalue weighted by Gasteiger charge is 2.41. The van der Waals surface area contributed by atoms with Crippen LogP contribution in [-0.2, 0) is 9.47 Å². The summed E-state index contributed by atoms with van der Waals surface area (Å²) in [6.07, 6.45) is 2.61. The van der Waals surface area contributed by atoms with Crippen molar-refractivity contribution in [2.45, 2.75) is 31.0 Å². The van der Waals surface area contributed by atoms with E-state index in [2.05, 4.69) is 15.9 Å². The van der Waals surface area contributed by atoms with Crippen molar-refractivity contribution in [2.24, 2.45) is 0 Å². The Morgan fingerprint density at radius 3 is 2.95 bits per heavy atom. The monoisotopic (exact) mass is 356 g/mol. The van der Waals surface area contributed by atoms with E-state index in [1.807, 2.05) is 0 Å². The molecule has 0 aromatic heterocycles. The minimum atomic E-state index is -0.949. The first kappa shape index (κ1) is 14.8. The largest absolute Gasteiger partial charge is 0.489 e. The van der Waals surface area contributed by atoms with E-state index in [-0.39, 0.29) is 17.3 Å². The fraction of sp³-hybridized carbons (Fsp3) is 0.533. The van der Waals surface area contributed by atoms with Gasteiger partial charge in [0.2, 0.25) is 0 Å². The van der Waals surface area contributed by atoms with Crippen molar-refractivity contribution in [1.29, 1.82) is 0 Å². The second-order valence-corrected chi connectivity index (χ2v) is 6.37. The standard InChI is InChI=1S/C15H17BrO5/c16-12-7-10(14(17)18)1-2-13(12)21-11-3-5-20-15(8-11)4-6-19-9-15/h1-2,7,11H,3-6,8-9H2,(H,17,18). The number of carbonyl (C=O) groups is 1. The van der Waals surface area contributed by atoms with Crippen molar-refractivity contribution in [3.05, 3.63) is 28.2 Å². The lowest BCUT2D eigenvalue weighted by molar-refractivity contribution is -0.112. The van der Waals surface area contributed by atoms with E-state index in [1.54, 1.807) is 18.2 Å². The zero-order chi connectivity index (χ0) is 14.9. The number of aromatic carboxylic acids is 1. The molecule has 5 nitrogen and oxygen atoms in total. The number of halogens is 1. The van der Waals surface area contributed by atoms with E-state index < -0.39 is 5.97 Å². The average molecular weight is 357 g/mol. The number of carboxylic acid groups (broad SMARTS) is 1. The summed E-state index contributed by atoms with van der Waals surface area (Å²) in [5.74, 6) is -0.281. The van der Waals surface area contributed by atoms with Crippen LogP contribution in [-0.4, -0.2) is 42.6 Å². The third kappa shape index (κ3) is 3.22. The summed E-state index contributed by atoms with van der Waals surface area (Å²) in [6, 6.07) is 4.81. The molecule has 21 heavy (non-hydrogen) atoms. The van der Waals surface area contributed by atoms with Crippen molar-refractivity contribution < 1.29 is 24.1 Å². The molecule has 1 aromatic rings. The molecule has 2 aliphatic heterocycles. The van der Waals surface area contributed by atoms with Crippen molar-refractivity contribution in [2.75, 3.05) is 19.8 Å². The van der Waals surface area contributed by atoms with Gasteiger partial charge in [-0.05, 0) is 34.1 Å². The normalized spacial score (nSPS) is 28.7. The van der Waals surface area contributed by atoms with Gasteiger partial charge in [-0.15, -0.1) is 0 Å². The number of rotatable bonds is 3. The molecule has 2 heterocycles. The maximum atomic E-state index is 10.9. The molecule has 0 amide bonds. The molecule has 1 N–H and O–H groups in total. The molecule has 0 bridgehead atoms. The summed E-state index contributed by atoms with van der Waals surface area (Å²) in [4.78, 5) is 10.9. The third-order valence-electron chi connectivity index (χ3n) is 3.99. The maximum Gasteiger partial charge on any atom is 0.335 e. The Morgan fingerprint density at radius 2 is 2.29 bits per heavy atom. The van der Waals surface area contributed by atoms with Gasteiger partial charge in [-0.25, -0.2) is 4.79 Å². The highest BCUT2D eigenvalue weighted by molar-refractivity contribution is 9.10. The highest BCUT2D eigenvalue weighted by atomic mass is 79.9. The molecule has 114 valence electrons. The topological polar surface area (TPSA) is 65.0 Å². The average Bonchev–Trinajstić information content (AvgIpc) is 2.89. The summed E-state index contributed by atoms with van der Waals surface area (Å²) in [5, 5.41) is 8.97.